The molecule has 2 heteroatoms. The molecule has 0 radical (unpaired) electrons. The first-order chi connectivity index (χ1) is 6.72. The lowest BCUT2D eigenvalue weighted by Crippen LogP contribution is -1.96. The highest BCUT2D eigenvalue weighted by Crippen LogP contribution is 2.08. The number of hydrogen-bond acceptors (Lipinski definition) is 2. The van der Waals surface area contributed by atoms with E-state index in [-0.39, 0.29) is 0 Å². The smallest absolute Gasteiger partial charge is 0.0884 e. The minimum Gasteiger partial charge on any atom is -0.378 e. The Bertz CT molecular complexity index is 254. The molecule has 0 aliphatic heterocycles. The highest BCUT2D eigenvalue weighted by Gasteiger charge is 1.98. The summed E-state index contributed by atoms with van der Waals surface area (Å²) in [5, 5.41) is 0. The average molecular weight is 193 g/mol. The van der Waals surface area contributed by atoms with Crippen molar-refractivity contribution in [2.45, 2.75) is 33.3 Å². The quantitative estimate of drug-likeness (QED) is 0.717. The van der Waals surface area contributed by atoms with Gasteiger partial charge in [0.1, 0.15) is 0 Å². The Morgan fingerprint density at radius 3 is 2.64 bits per heavy atom. The van der Waals surface area contributed by atoms with Gasteiger partial charge in [-0.1, -0.05) is 19.9 Å². The number of rotatable bonds is 5. The van der Waals surface area contributed by atoms with Gasteiger partial charge in [0.2, 0.25) is 0 Å². The van der Waals surface area contributed by atoms with Crippen LogP contribution in [-0.2, 0) is 17.8 Å². The Balaban J connectivity index is 2.46. The summed E-state index contributed by atoms with van der Waals surface area (Å²) in [6.45, 7) is 5.09. The van der Waals surface area contributed by atoms with Gasteiger partial charge in [-0.25, -0.2) is 0 Å². The summed E-state index contributed by atoms with van der Waals surface area (Å²) in [6.07, 6.45) is 4.31. The van der Waals surface area contributed by atoms with Crippen LogP contribution in [0.3, 0.4) is 0 Å². The molecule has 0 unspecified atom stereocenters. The maximum Gasteiger partial charge on any atom is 0.0884 e. The van der Waals surface area contributed by atoms with Crippen LogP contribution in [0.4, 0.5) is 0 Å². The Hall–Kier alpha value is -0.890. The number of nitrogens with zero attached hydrogens (tertiary/aromatic N) is 1. The van der Waals surface area contributed by atoms with E-state index in [2.05, 4.69) is 24.9 Å². The highest BCUT2D eigenvalue weighted by molar-refractivity contribution is 5.13. The van der Waals surface area contributed by atoms with E-state index in [1.165, 1.54) is 12.0 Å². The summed E-state index contributed by atoms with van der Waals surface area (Å²) >= 11 is 0. The predicted molar refractivity (Wildman–Crippen MR) is 58.1 cm³/mol. The molecule has 1 aromatic rings. The van der Waals surface area contributed by atoms with E-state index < -0.39 is 0 Å². The van der Waals surface area contributed by atoms with Gasteiger partial charge in [0, 0.05) is 13.3 Å². The molecule has 0 atom stereocenters. The second kappa shape index (κ2) is 5.76. The Morgan fingerprint density at radius 1 is 1.36 bits per heavy atom. The second-order valence-corrected chi connectivity index (χ2v) is 4.02. The third kappa shape index (κ3) is 3.88. The minimum atomic E-state index is 0.602. The van der Waals surface area contributed by atoms with Gasteiger partial charge in [0.15, 0.2) is 0 Å². The summed E-state index contributed by atoms with van der Waals surface area (Å²) in [5.41, 5.74) is 2.32. The van der Waals surface area contributed by atoms with Gasteiger partial charge in [-0.2, -0.15) is 0 Å². The number of aryl methyl sites for hydroxylation is 1. The second-order valence-electron chi connectivity index (χ2n) is 4.02. The predicted octanol–water partition coefficient (Wildman–Crippen LogP) is 2.82. The van der Waals surface area contributed by atoms with Crippen LogP contribution in [0.25, 0.3) is 0 Å². The maximum absolute atomic E-state index is 5.00. The fourth-order valence-electron chi connectivity index (χ4n) is 1.29. The van der Waals surface area contributed by atoms with E-state index in [4.69, 9.17) is 4.74 Å². The molecule has 0 aromatic carbocycles. The van der Waals surface area contributed by atoms with Crippen molar-refractivity contribution >= 4 is 0 Å². The van der Waals surface area contributed by atoms with Crippen molar-refractivity contribution < 1.29 is 4.74 Å². The van der Waals surface area contributed by atoms with Crippen LogP contribution < -0.4 is 0 Å². The number of hydrogen-bond donors (Lipinski definition) is 0. The van der Waals surface area contributed by atoms with E-state index in [0.29, 0.717) is 6.61 Å². The molecular formula is C12H19NO. The number of aromatic nitrogens is 1. The third-order valence-electron chi connectivity index (χ3n) is 2.19. The molecule has 1 rings (SSSR count). The van der Waals surface area contributed by atoms with Crippen LogP contribution in [0.2, 0.25) is 0 Å². The molecule has 14 heavy (non-hydrogen) atoms. The Labute approximate surface area is 86.3 Å². The van der Waals surface area contributed by atoms with E-state index >= 15 is 0 Å². The molecule has 0 aliphatic rings. The van der Waals surface area contributed by atoms with Crippen LogP contribution in [-0.4, -0.2) is 12.1 Å². The maximum atomic E-state index is 5.00. The Kier molecular flexibility index (Phi) is 4.60. The summed E-state index contributed by atoms with van der Waals surface area (Å²) in [5.74, 6) is 0.758. The average Bonchev–Trinajstić information content (AvgIpc) is 2.17. The van der Waals surface area contributed by atoms with Crippen molar-refractivity contribution in [3.05, 3.63) is 29.6 Å². The van der Waals surface area contributed by atoms with Gasteiger partial charge in [0.25, 0.3) is 0 Å². The zero-order chi connectivity index (χ0) is 10.4. The van der Waals surface area contributed by atoms with Gasteiger partial charge in [-0.3, -0.25) is 4.98 Å². The minimum absolute atomic E-state index is 0.602. The molecule has 0 bridgehead atoms. The van der Waals surface area contributed by atoms with E-state index in [9.17, 15) is 0 Å². The summed E-state index contributed by atoms with van der Waals surface area (Å²) < 4.78 is 5.00. The normalized spacial score (nSPS) is 10.9. The number of ether oxygens (including phenoxy) is 1. The molecule has 1 heterocycles. The van der Waals surface area contributed by atoms with Crippen LogP contribution in [0, 0.1) is 5.92 Å². The van der Waals surface area contributed by atoms with E-state index in [1.54, 1.807) is 7.11 Å². The van der Waals surface area contributed by atoms with Crippen molar-refractivity contribution in [1.82, 2.24) is 4.98 Å². The van der Waals surface area contributed by atoms with Gasteiger partial charge < -0.3 is 4.74 Å². The van der Waals surface area contributed by atoms with Crippen LogP contribution in [0.1, 0.15) is 31.5 Å². The molecule has 0 fully saturated rings. The zero-order valence-corrected chi connectivity index (χ0v) is 9.29. The van der Waals surface area contributed by atoms with Crippen molar-refractivity contribution in [2.24, 2.45) is 5.92 Å². The zero-order valence-electron chi connectivity index (χ0n) is 9.29. The van der Waals surface area contributed by atoms with Crippen LogP contribution in [0.15, 0.2) is 18.3 Å². The highest BCUT2D eigenvalue weighted by atomic mass is 16.5. The summed E-state index contributed by atoms with van der Waals surface area (Å²) in [6, 6.07) is 4.18. The topological polar surface area (TPSA) is 22.1 Å². The first-order valence-electron chi connectivity index (χ1n) is 5.15. The third-order valence-corrected chi connectivity index (χ3v) is 2.19. The largest absolute Gasteiger partial charge is 0.378 e. The van der Waals surface area contributed by atoms with Crippen LogP contribution >= 0.6 is 0 Å². The summed E-state index contributed by atoms with van der Waals surface area (Å²) in [7, 11) is 1.69. The van der Waals surface area contributed by atoms with Crippen molar-refractivity contribution in [3.8, 4) is 0 Å². The molecule has 0 N–H and O–H groups in total. The first-order valence-corrected chi connectivity index (χ1v) is 5.15. The van der Waals surface area contributed by atoms with Crippen molar-refractivity contribution in [3.63, 3.8) is 0 Å². The van der Waals surface area contributed by atoms with E-state index in [1.807, 2.05) is 12.3 Å². The molecular weight excluding hydrogens is 174 g/mol. The van der Waals surface area contributed by atoms with Gasteiger partial charge in [0.05, 0.1) is 12.3 Å². The standard InChI is InChI=1S/C12H19NO/c1-10(2)4-5-11-6-7-12(9-14-3)13-8-11/h6-8,10H,4-5,9H2,1-3H3. The molecule has 78 valence electrons. The van der Waals surface area contributed by atoms with E-state index in [0.717, 1.165) is 18.0 Å². The Morgan fingerprint density at radius 2 is 2.14 bits per heavy atom. The SMILES string of the molecule is COCc1ccc(CCC(C)C)cn1. The van der Waals surface area contributed by atoms with Gasteiger partial charge >= 0.3 is 0 Å². The molecule has 2 nitrogen and oxygen atoms in total. The lowest BCUT2D eigenvalue weighted by molar-refractivity contribution is 0.181. The number of methoxy groups -OCH3 is 1. The molecule has 0 saturated carbocycles. The fraction of sp³-hybridized carbons (Fsp3) is 0.583. The van der Waals surface area contributed by atoms with Gasteiger partial charge in [-0.05, 0) is 30.4 Å². The molecule has 0 spiro atoms. The molecule has 1 aromatic heterocycles. The number of pyridine rings is 1. The lowest BCUT2D eigenvalue weighted by Gasteiger charge is -2.05. The lowest BCUT2D eigenvalue weighted by atomic mass is 10.0. The first kappa shape index (κ1) is 11.2. The molecule has 0 aliphatic carbocycles. The fourth-order valence-corrected chi connectivity index (χ4v) is 1.29. The van der Waals surface area contributed by atoms with Crippen molar-refractivity contribution in [2.75, 3.05) is 7.11 Å². The van der Waals surface area contributed by atoms with Gasteiger partial charge in [-0.15, -0.1) is 0 Å². The monoisotopic (exact) mass is 193 g/mol. The summed E-state index contributed by atoms with van der Waals surface area (Å²) in [4.78, 5) is 4.32. The van der Waals surface area contributed by atoms with Crippen molar-refractivity contribution in [1.29, 1.82) is 0 Å². The van der Waals surface area contributed by atoms with Crippen LogP contribution in [0.5, 0.6) is 0 Å². The molecule has 0 saturated heterocycles. The molecule has 0 amide bonds.